The zero-order chi connectivity index (χ0) is 26.3. The van der Waals surface area contributed by atoms with Crippen LogP contribution in [0.2, 0.25) is 0 Å². The number of thiocarbonyl (C=S) groups is 1. The van der Waals surface area contributed by atoms with Crippen LogP contribution in [0.3, 0.4) is 0 Å². The highest BCUT2D eigenvalue weighted by Gasteiger charge is 2.77. The van der Waals surface area contributed by atoms with Gasteiger partial charge >= 0.3 is 5.97 Å². The van der Waals surface area contributed by atoms with E-state index < -0.39 is 68.9 Å². The number of esters is 1. The molecule has 0 spiro atoms. The quantitative estimate of drug-likeness (QED) is 0.433. The van der Waals surface area contributed by atoms with Crippen molar-refractivity contribution in [3.8, 4) is 0 Å². The Bertz CT molecular complexity index is 1200. The van der Waals surface area contributed by atoms with Crippen LogP contribution in [0.1, 0.15) is 50.4 Å². The van der Waals surface area contributed by atoms with Gasteiger partial charge in [-0.2, -0.15) is 0 Å². The first kappa shape index (κ1) is 25.2. The number of fused-ring (bicyclic) bond motifs is 5. The number of ketones is 1. The molecule has 0 radical (unpaired) electrons. The molecule has 3 saturated carbocycles. The summed E-state index contributed by atoms with van der Waals surface area (Å²) in [5.74, 6) is -3.13. The van der Waals surface area contributed by atoms with Crippen molar-refractivity contribution in [2.75, 3.05) is 0 Å². The number of aliphatic hydroxyl groups excluding tert-OH is 2. The molecule has 0 amide bonds. The number of rotatable bonds is 3. The van der Waals surface area contributed by atoms with Crippen LogP contribution >= 0.6 is 12.2 Å². The molecular weight excluding hydrogens is 486 g/mol. The van der Waals surface area contributed by atoms with Gasteiger partial charge in [0, 0.05) is 22.7 Å². The van der Waals surface area contributed by atoms with E-state index in [-0.39, 0.29) is 24.0 Å². The molecule has 1 aromatic rings. The standard InChI is InChI=1S/C28H30F2O5S/c1-15-11-18-19-13-21(29)20-12-17(31)9-10-25(20,2)27(19,30)22(32)14-26(18,3)28(15,24(34)36)35-23(33)16-7-5-4-6-8-16/h4-10,12,15,18-19,21-22,32H,11,13-14H2,1-3H3,(H,34,36)/t15-,18+,19+,21+,22+,25+,26+,27+,28+/m1/s1. The number of aliphatic hydroxyl groups is 2. The van der Waals surface area contributed by atoms with Gasteiger partial charge in [-0.25, -0.2) is 13.6 Å². The van der Waals surface area contributed by atoms with Gasteiger partial charge in [-0.05, 0) is 74.2 Å². The molecule has 0 aromatic heterocycles. The minimum absolute atomic E-state index is 0.0434. The molecule has 1 aromatic carbocycles. The van der Waals surface area contributed by atoms with Gasteiger partial charge in [0.15, 0.2) is 17.1 Å². The normalized spacial score (nSPS) is 45.2. The fraction of sp³-hybridized carbons (Fsp3) is 0.536. The molecule has 5 rings (SSSR count). The largest absolute Gasteiger partial charge is 0.499 e. The van der Waals surface area contributed by atoms with E-state index >= 15 is 8.78 Å². The van der Waals surface area contributed by atoms with Crippen molar-refractivity contribution in [1.29, 1.82) is 0 Å². The molecule has 8 heteroatoms. The fourth-order valence-electron chi connectivity index (χ4n) is 8.02. The van der Waals surface area contributed by atoms with Crippen LogP contribution in [0, 0.1) is 28.6 Å². The Labute approximate surface area is 214 Å². The van der Waals surface area contributed by atoms with Gasteiger partial charge in [0.05, 0.1) is 11.7 Å². The number of hydrogen-bond donors (Lipinski definition) is 2. The zero-order valence-electron chi connectivity index (χ0n) is 20.4. The Balaban J connectivity index is 1.62. The molecule has 192 valence electrons. The summed E-state index contributed by atoms with van der Waals surface area (Å²) in [4.78, 5) is 25.2. The van der Waals surface area contributed by atoms with Crippen molar-refractivity contribution in [2.24, 2.45) is 28.6 Å². The summed E-state index contributed by atoms with van der Waals surface area (Å²) in [6.45, 7) is 5.05. The van der Waals surface area contributed by atoms with Crippen LogP contribution in [-0.2, 0) is 9.53 Å². The summed E-state index contributed by atoms with van der Waals surface area (Å²) in [5.41, 5.74) is -6.30. The number of halogens is 2. The first-order valence-electron chi connectivity index (χ1n) is 12.3. The Morgan fingerprint density at radius 3 is 2.47 bits per heavy atom. The minimum Gasteiger partial charge on any atom is -0.499 e. The van der Waals surface area contributed by atoms with Gasteiger partial charge < -0.3 is 14.9 Å². The molecule has 0 saturated heterocycles. The number of carbonyl (C=O) groups excluding carboxylic acids is 2. The molecule has 0 unspecified atom stereocenters. The van der Waals surface area contributed by atoms with E-state index in [2.05, 4.69) is 0 Å². The molecule has 0 bridgehead atoms. The Kier molecular flexibility index (Phi) is 5.62. The zero-order valence-corrected chi connectivity index (χ0v) is 21.2. The summed E-state index contributed by atoms with van der Waals surface area (Å²) < 4.78 is 39.0. The number of allylic oxidation sites excluding steroid dienone is 4. The van der Waals surface area contributed by atoms with E-state index in [1.807, 2.05) is 0 Å². The van der Waals surface area contributed by atoms with Gasteiger partial charge in [0.1, 0.15) is 6.17 Å². The third-order valence-corrected chi connectivity index (χ3v) is 10.1. The fourth-order valence-corrected chi connectivity index (χ4v) is 8.50. The van der Waals surface area contributed by atoms with E-state index in [1.165, 1.54) is 19.1 Å². The molecule has 5 nitrogen and oxygen atoms in total. The Morgan fingerprint density at radius 1 is 1.17 bits per heavy atom. The highest BCUT2D eigenvalue weighted by molar-refractivity contribution is 7.80. The number of alkyl halides is 2. The monoisotopic (exact) mass is 516 g/mol. The molecule has 9 atom stereocenters. The van der Waals surface area contributed by atoms with E-state index in [1.54, 1.807) is 44.2 Å². The highest BCUT2D eigenvalue weighted by atomic mass is 32.1. The first-order chi connectivity index (χ1) is 16.8. The second-order valence-corrected chi connectivity index (χ2v) is 11.7. The third-order valence-electron chi connectivity index (χ3n) is 9.75. The lowest BCUT2D eigenvalue weighted by atomic mass is 9.44. The molecule has 0 heterocycles. The van der Waals surface area contributed by atoms with Crippen LogP contribution in [0.15, 0.2) is 54.1 Å². The van der Waals surface area contributed by atoms with E-state index in [4.69, 9.17) is 17.0 Å². The molecule has 3 fully saturated rings. The number of hydrogen-bond acceptors (Lipinski definition) is 5. The van der Waals surface area contributed by atoms with E-state index in [0.29, 0.717) is 6.42 Å². The van der Waals surface area contributed by atoms with Gasteiger partial charge in [0.25, 0.3) is 0 Å². The predicted molar refractivity (Wildman–Crippen MR) is 133 cm³/mol. The number of benzene rings is 1. The second-order valence-electron chi connectivity index (χ2n) is 11.3. The second kappa shape index (κ2) is 8.02. The summed E-state index contributed by atoms with van der Waals surface area (Å²) in [5, 5.41) is 21.8. The van der Waals surface area contributed by atoms with Crippen LogP contribution in [0.5, 0.6) is 0 Å². The maximum atomic E-state index is 17.3. The van der Waals surface area contributed by atoms with Crippen molar-refractivity contribution in [2.45, 2.75) is 63.6 Å². The smallest absolute Gasteiger partial charge is 0.339 e. The molecule has 4 aliphatic rings. The average molecular weight is 517 g/mol. The lowest BCUT2D eigenvalue weighted by Crippen LogP contribution is -2.70. The Hall–Kier alpha value is -2.45. The lowest BCUT2D eigenvalue weighted by Gasteiger charge is -2.63. The number of carbonyl (C=O) groups is 2. The summed E-state index contributed by atoms with van der Waals surface area (Å²) in [7, 11) is 0. The summed E-state index contributed by atoms with van der Waals surface area (Å²) in [6, 6.07) is 8.28. The average Bonchev–Trinajstić information content (AvgIpc) is 3.05. The molecule has 0 aliphatic heterocycles. The van der Waals surface area contributed by atoms with Gasteiger partial charge in [-0.1, -0.05) is 38.1 Å². The topological polar surface area (TPSA) is 83.8 Å². The van der Waals surface area contributed by atoms with E-state index in [0.717, 1.165) is 6.08 Å². The summed E-state index contributed by atoms with van der Waals surface area (Å²) in [6.07, 6.45) is 0.507. The molecular formula is C28H30F2O5S. The van der Waals surface area contributed by atoms with Crippen molar-refractivity contribution < 1.29 is 33.3 Å². The molecule has 2 N–H and O–H groups in total. The maximum Gasteiger partial charge on any atom is 0.339 e. The van der Waals surface area contributed by atoms with Crippen molar-refractivity contribution in [3.05, 3.63) is 59.7 Å². The number of ether oxygens (including phenoxy) is 1. The molecule has 36 heavy (non-hydrogen) atoms. The van der Waals surface area contributed by atoms with Crippen LogP contribution in [0.4, 0.5) is 8.78 Å². The van der Waals surface area contributed by atoms with Crippen LogP contribution in [0.25, 0.3) is 0 Å². The van der Waals surface area contributed by atoms with Crippen molar-refractivity contribution in [1.82, 2.24) is 0 Å². The van der Waals surface area contributed by atoms with Gasteiger partial charge in [0.2, 0.25) is 5.05 Å². The highest BCUT2D eigenvalue weighted by Crippen LogP contribution is 2.71. The SMILES string of the molecule is C[C@@H]1C[C@H]2[C@@H]3C[C@H](F)C4=CC(=O)C=C[C@]4(C)[C@@]3(F)[C@@H](O)C[C@]2(C)[C@@]1(OC(=O)c1ccccc1)C(O)=S. The Morgan fingerprint density at radius 2 is 1.83 bits per heavy atom. The van der Waals surface area contributed by atoms with E-state index in [9.17, 15) is 19.8 Å². The maximum absolute atomic E-state index is 17.3. The third kappa shape index (κ3) is 2.97. The first-order valence-corrected chi connectivity index (χ1v) is 12.7. The van der Waals surface area contributed by atoms with Gasteiger partial charge in [-0.15, -0.1) is 0 Å². The van der Waals surface area contributed by atoms with Crippen LogP contribution in [-0.4, -0.2) is 50.6 Å². The summed E-state index contributed by atoms with van der Waals surface area (Å²) >= 11 is 5.29. The lowest BCUT2D eigenvalue weighted by molar-refractivity contribution is -0.215. The molecule has 4 aliphatic carbocycles. The van der Waals surface area contributed by atoms with Crippen LogP contribution < -0.4 is 0 Å². The van der Waals surface area contributed by atoms with Crippen molar-refractivity contribution >= 4 is 29.0 Å². The predicted octanol–water partition coefficient (Wildman–Crippen LogP) is 5.03. The van der Waals surface area contributed by atoms with Gasteiger partial charge in [-0.3, -0.25) is 4.79 Å². The van der Waals surface area contributed by atoms with Crippen molar-refractivity contribution in [3.63, 3.8) is 0 Å². The minimum atomic E-state index is -2.26.